The Hall–Kier alpha value is -0.850. The summed E-state index contributed by atoms with van der Waals surface area (Å²) in [5.41, 5.74) is 0.910. The molecule has 1 fully saturated rings. The van der Waals surface area contributed by atoms with E-state index < -0.39 is 11.3 Å². The third-order valence-corrected chi connectivity index (χ3v) is 3.21. The summed E-state index contributed by atoms with van der Waals surface area (Å²) >= 11 is -1.89. The monoisotopic (exact) mass is 213 g/mol. The number of nitrogens with zero attached hydrogens (tertiary/aromatic N) is 3. The van der Waals surface area contributed by atoms with Gasteiger partial charge in [0, 0.05) is 24.5 Å². The van der Waals surface area contributed by atoms with Crippen LogP contribution < -0.4 is 0 Å². The van der Waals surface area contributed by atoms with E-state index in [4.69, 9.17) is 4.55 Å². The summed E-state index contributed by atoms with van der Waals surface area (Å²) in [7, 11) is 0. The minimum Gasteiger partial charge on any atom is -0.294 e. The van der Waals surface area contributed by atoms with Crippen molar-refractivity contribution < 1.29 is 8.76 Å². The molecule has 1 aromatic rings. The predicted molar refractivity (Wildman–Crippen MR) is 51.5 cm³/mol. The molecule has 1 N–H and O–H groups in total. The molecule has 2 unspecified atom stereocenters. The van der Waals surface area contributed by atoms with E-state index in [2.05, 4.69) is 9.97 Å². The van der Waals surface area contributed by atoms with E-state index in [1.54, 1.807) is 16.7 Å². The molecule has 2 rings (SSSR count). The van der Waals surface area contributed by atoms with E-state index in [1.807, 2.05) is 0 Å². The molecule has 0 aromatic carbocycles. The van der Waals surface area contributed by atoms with Crippen molar-refractivity contribution in [3.63, 3.8) is 0 Å². The smallest absolute Gasteiger partial charge is 0.235 e. The van der Waals surface area contributed by atoms with Crippen LogP contribution in [-0.2, 0) is 11.3 Å². The highest BCUT2D eigenvalue weighted by molar-refractivity contribution is 7.76. The molecule has 0 bridgehead atoms. The lowest BCUT2D eigenvalue weighted by Crippen LogP contribution is -2.25. The van der Waals surface area contributed by atoms with Crippen molar-refractivity contribution in [1.29, 1.82) is 0 Å². The minimum absolute atomic E-state index is 0.0120. The SMILES string of the molecule is O=S(O)N1CCCC1c1cncnc1. The first-order valence-electron chi connectivity index (χ1n) is 4.41. The van der Waals surface area contributed by atoms with E-state index >= 15 is 0 Å². The van der Waals surface area contributed by atoms with Crippen LogP contribution in [0.3, 0.4) is 0 Å². The Bertz CT molecular complexity index is 333. The summed E-state index contributed by atoms with van der Waals surface area (Å²) in [5, 5.41) is 0. The van der Waals surface area contributed by atoms with Crippen LogP contribution in [0.5, 0.6) is 0 Å². The number of aromatic nitrogens is 2. The number of rotatable bonds is 2. The lowest BCUT2D eigenvalue weighted by Gasteiger charge is -2.19. The van der Waals surface area contributed by atoms with E-state index in [9.17, 15) is 4.21 Å². The molecule has 6 heteroatoms. The Balaban J connectivity index is 2.22. The molecule has 1 saturated heterocycles. The van der Waals surface area contributed by atoms with E-state index in [1.165, 1.54) is 6.33 Å². The maximum absolute atomic E-state index is 11.0. The Labute approximate surface area is 84.6 Å². The summed E-state index contributed by atoms with van der Waals surface area (Å²) in [4.78, 5) is 7.81. The maximum Gasteiger partial charge on any atom is 0.235 e. The standard InChI is InChI=1S/C8H11N3O2S/c12-14(13)11-3-1-2-8(11)7-4-9-6-10-5-7/h4-6,8H,1-3H2,(H,12,13). The zero-order valence-electron chi connectivity index (χ0n) is 7.54. The zero-order valence-corrected chi connectivity index (χ0v) is 8.35. The Morgan fingerprint density at radius 1 is 1.50 bits per heavy atom. The van der Waals surface area contributed by atoms with Crippen LogP contribution in [0.15, 0.2) is 18.7 Å². The van der Waals surface area contributed by atoms with Crippen molar-refractivity contribution in [2.75, 3.05) is 6.54 Å². The van der Waals surface area contributed by atoms with Gasteiger partial charge < -0.3 is 0 Å². The minimum atomic E-state index is -1.89. The number of hydrogen-bond acceptors (Lipinski definition) is 3. The lowest BCUT2D eigenvalue weighted by atomic mass is 10.1. The number of hydrogen-bond donors (Lipinski definition) is 1. The van der Waals surface area contributed by atoms with Crippen LogP contribution in [0.2, 0.25) is 0 Å². The Morgan fingerprint density at radius 2 is 2.21 bits per heavy atom. The van der Waals surface area contributed by atoms with Crippen molar-refractivity contribution in [3.8, 4) is 0 Å². The topological polar surface area (TPSA) is 66.3 Å². The molecule has 0 aliphatic carbocycles. The van der Waals surface area contributed by atoms with Crippen molar-refractivity contribution in [2.45, 2.75) is 18.9 Å². The molecule has 76 valence electrons. The summed E-state index contributed by atoms with van der Waals surface area (Å²) < 4.78 is 21.6. The highest BCUT2D eigenvalue weighted by Gasteiger charge is 2.29. The van der Waals surface area contributed by atoms with Gasteiger partial charge in [-0.1, -0.05) is 0 Å². The average molecular weight is 213 g/mol. The van der Waals surface area contributed by atoms with Gasteiger partial charge in [0.1, 0.15) is 6.33 Å². The quantitative estimate of drug-likeness (QED) is 0.736. The van der Waals surface area contributed by atoms with Crippen LogP contribution in [-0.4, -0.2) is 29.6 Å². The molecule has 0 saturated carbocycles. The molecule has 0 spiro atoms. The first-order chi connectivity index (χ1) is 6.79. The molecule has 14 heavy (non-hydrogen) atoms. The second kappa shape index (κ2) is 4.12. The van der Waals surface area contributed by atoms with Gasteiger partial charge in [0.05, 0.1) is 6.04 Å². The molecule has 1 aliphatic rings. The van der Waals surface area contributed by atoms with Gasteiger partial charge in [0.25, 0.3) is 0 Å². The molecule has 5 nitrogen and oxygen atoms in total. The fourth-order valence-corrected chi connectivity index (χ4v) is 2.47. The summed E-state index contributed by atoms with van der Waals surface area (Å²) in [6.07, 6.45) is 6.68. The Kier molecular flexibility index (Phi) is 2.85. The second-order valence-corrected chi connectivity index (χ2v) is 4.13. The van der Waals surface area contributed by atoms with E-state index in [0.29, 0.717) is 6.54 Å². The Morgan fingerprint density at radius 3 is 2.86 bits per heavy atom. The molecular formula is C8H11N3O2S. The van der Waals surface area contributed by atoms with Crippen molar-refractivity contribution >= 4 is 11.3 Å². The van der Waals surface area contributed by atoms with Crippen LogP contribution in [0.25, 0.3) is 0 Å². The molecule has 0 radical (unpaired) electrons. The fourth-order valence-electron chi connectivity index (χ4n) is 1.74. The van der Waals surface area contributed by atoms with Gasteiger partial charge in [-0.3, -0.25) is 4.55 Å². The molecule has 2 atom stereocenters. The van der Waals surface area contributed by atoms with Gasteiger partial charge >= 0.3 is 0 Å². The third kappa shape index (κ3) is 1.82. The van der Waals surface area contributed by atoms with Gasteiger partial charge in [-0.25, -0.2) is 14.2 Å². The van der Waals surface area contributed by atoms with Gasteiger partial charge in [-0.05, 0) is 12.8 Å². The molecule has 0 amide bonds. The van der Waals surface area contributed by atoms with Gasteiger partial charge in [-0.15, -0.1) is 0 Å². The summed E-state index contributed by atoms with van der Waals surface area (Å²) in [6, 6.07) is -0.0120. The van der Waals surface area contributed by atoms with Crippen LogP contribution >= 0.6 is 0 Å². The lowest BCUT2D eigenvalue weighted by molar-refractivity contribution is 0.382. The highest BCUT2D eigenvalue weighted by atomic mass is 32.2. The first kappa shape index (κ1) is 9.70. The van der Waals surface area contributed by atoms with Crippen molar-refractivity contribution in [2.24, 2.45) is 0 Å². The van der Waals surface area contributed by atoms with Crippen molar-refractivity contribution in [3.05, 3.63) is 24.3 Å². The van der Waals surface area contributed by atoms with Gasteiger partial charge in [0.2, 0.25) is 11.3 Å². The van der Waals surface area contributed by atoms with Crippen LogP contribution in [0, 0.1) is 0 Å². The second-order valence-electron chi connectivity index (χ2n) is 3.20. The normalized spacial score (nSPS) is 25.1. The molecule has 2 heterocycles. The van der Waals surface area contributed by atoms with E-state index in [-0.39, 0.29) is 6.04 Å². The maximum atomic E-state index is 11.0. The molecular weight excluding hydrogens is 202 g/mol. The largest absolute Gasteiger partial charge is 0.294 e. The summed E-state index contributed by atoms with van der Waals surface area (Å²) in [6.45, 7) is 0.655. The predicted octanol–water partition coefficient (Wildman–Crippen LogP) is 0.750. The third-order valence-electron chi connectivity index (χ3n) is 2.37. The molecule has 1 aliphatic heterocycles. The molecule has 1 aromatic heterocycles. The summed E-state index contributed by atoms with van der Waals surface area (Å²) in [5.74, 6) is 0. The van der Waals surface area contributed by atoms with Crippen LogP contribution in [0.4, 0.5) is 0 Å². The van der Waals surface area contributed by atoms with Crippen LogP contribution in [0.1, 0.15) is 24.4 Å². The van der Waals surface area contributed by atoms with Gasteiger partial charge in [-0.2, -0.15) is 4.31 Å². The van der Waals surface area contributed by atoms with Gasteiger partial charge in [0.15, 0.2) is 0 Å². The first-order valence-corrected chi connectivity index (χ1v) is 5.48. The average Bonchev–Trinajstić information content (AvgIpc) is 2.67. The zero-order chi connectivity index (χ0) is 9.97. The fraction of sp³-hybridized carbons (Fsp3) is 0.500. The van der Waals surface area contributed by atoms with Crippen molar-refractivity contribution in [1.82, 2.24) is 14.3 Å². The highest BCUT2D eigenvalue weighted by Crippen LogP contribution is 2.31. The van der Waals surface area contributed by atoms with E-state index in [0.717, 1.165) is 18.4 Å².